The summed E-state index contributed by atoms with van der Waals surface area (Å²) in [6.07, 6.45) is 4.87. The van der Waals surface area contributed by atoms with Crippen molar-refractivity contribution in [2.75, 3.05) is 6.54 Å². The number of thioether (sulfide) groups is 1. The van der Waals surface area contributed by atoms with Crippen molar-refractivity contribution in [2.45, 2.75) is 20.3 Å². The molecule has 0 radical (unpaired) electrons. The highest BCUT2D eigenvalue weighted by atomic mass is 32.2. The van der Waals surface area contributed by atoms with Gasteiger partial charge in [0.05, 0.1) is 16.3 Å². The molecule has 1 aliphatic rings. The molecule has 3 aromatic rings. The molecule has 1 fully saturated rings. The summed E-state index contributed by atoms with van der Waals surface area (Å²) in [5.74, 6) is -0.0396. The third kappa shape index (κ3) is 3.91. The van der Waals surface area contributed by atoms with Gasteiger partial charge < -0.3 is 0 Å². The number of amides is 1. The Hall–Kier alpha value is -2.70. The summed E-state index contributed by atoms with van der Waals surface area (Å²) in [5.41, 5.74) is 5.02. The SMILES string of the molecule is CCc1ccc(-c2nn(-c3ccccc3)cc2/C=C2/SC(=S)N(CC)C2=O)cc1. The van der Waals surface area contributed by atoms with Gasteiger partial charge >= 0.3 is 0 Å². The van der Waals surface area contributed by atoms with Gasteiger partial charge in [0.1, 0.15) is 4.32 Å². The third-order valence-corrected chi connectivity index (χ3v) is 6.25. The average Bonchev–Trinajstić information content (AvgIpc) is 3.29. The summed E-state index contributed by atoms with van der Waals surface area (Å²) in [7, 11) is 0. The number of carbonyl (C=O) groups is 1. The molecule has 1 saturated heterocycles. The van der Waals surface area contributed by atoms with Gasteiger partial charge in [-0.05, 0) is 37.1 Å². The lowest BCUT2D eigenvalue weighted by Gasteiger charge is -2.09. The van der Waals surface area contributed by atoms with Gasteiger partial charge in [0.25, 0.3) is 5.91 Å². The number of nitrogens with zero attached hydrogens (tertiary/aromatic N) is 3. The minimum absolute atomic E-state index is 0.0396. The van der Waals surface area contributed by atoms with Crippen molar-refractivity contribution in [3.05, 3.63) is 76.8 Å². The van der Waals surface area contributed by atoms with Gasteiger partial charge in [-0.2, -0.15) is 5.10 Å². The van der Waals surface area contributed by atoms with Crippen LogP contribution in [0.15, 0.2) is 65.7 Å². The fraction of sp³-hybridized carbons (Fsp3) is 0.174. The number of aromatic nitrogens is 2. The van der Waals surface area contributed by atoms with Crippen molar-refractivity contribution >= 4 is 40.3 Å². The minimum Gasteiger partial charge on any atom is -0.293 e. The number of hydrogen-bond donors (Lipinski definition) is 0. The van der Waals surface area contributed by atoms with Crippen molar-refractivity contribution in [2.24, 2.45) is 0 Å². The second-order valence-corrected chi connectivity index (χ2v) is 8.37. The maximum Gasteiger partial charge on any atom is 0.266 e. The first-order valence-electron chi connectivity index (χ1n) is 9.60. The van der Waals surface area contributed by atoms with Crippen molar-refractivity contribution in [3.63, 3.8) is 0 Å². The maximum atomic E-state index is 12.7. The zero-order valence-corrected chi connectivity index (χ0v) is 18.0. The Balaban J connectivity index is 1.81. The number of carbonyl (C=O) groups excluding carboxylic acids is 1. The van der Waals surface area contributed by atoms with Gasteiger partial charge in [-0.15, -0.1) is 0 Å². The molecule has 2 aromatic carbocycles. The summed E-state index contributed by atoms with van der Waals surface area (Å²) >= 11 is 6.70. The second-order valence-electron chi connectivity index (χ2n) is 6.69. The molecule has 4 rings (SSSR count). The molecule has 0 unspecified atom stereocenters. The van der Waals surface area contributed by atoms with Gasteiger partial charge in [0.15, 0.2) is 0 Å². The van der Waals surface area contributed by atoms with E-state index in [2.05, 4.69) is 31.2 Å². The summed E-state index contributed by atoms with van der Waals surface area (Å²) in [4.78, 5) is 14.9. The largest absolute Gasteiger partial charge is 0.293 e. The van der Waals surface area contributed by atoms with E-state index in [4.69, 9.17) is 17.3 Å². The minimum atomic E-state index is -0.0396. The lowest BCUT2D eigenvalue weighted by molar-refractivity contribution is -0.121. The van der Waals surface area contributed by atoms with E-state index in [0.717, 1.165) is 28.9 Å². The molecule has 0 saturated carbocycles. The third-order valence-electron chi connectivity index (χ3n) is 4.88. The Morgan fingerprint density at radius 1 is 1.07 bits per heavy atom. The fourth-order valence-corrected chi connectivity index (χ4v) is 4.62. The first kappa shape index (κ1) is 19.6. The molecule has 0 N–H and O–H groups in total. The molecule has 1 aromatic heterocycles. The van der Waals surface area contributed by atoms with Crippen LogP contribution in [0.1, 0.15) is 25.0 Å². The molecule has 1 aliphatic heterocycles. The van der Waals surface area contributed by atoms with Gasteiger partial charge in [-0.25, -0.2) is 4.68 Å². The smallest absolute Gasteiger partial charge is 0.266 e. The lowest BCUT2D eigenvalue weighted by atomic mass is 10.0. The van der Waals surface area contributed by atoms with Crippen LogP contribution < -0.4 is 0 Å². The van der Waals surface area contributed by atoms with Crippen LogP contribution in [0.5, 0.6) is 0 Å². The number of rotatable bonds is 5. The van der Waals surface area contributed by atoms with Crippen molar-refractivity contribution in [3.8, 4) is 16.9 Å². The molecule has 0 aliphatic carbocycles. The van der Waals surface area contributed by atoms with Crippen molar-refractivity contribution in [1.82, 2.24) is 14.7 Å². The van der Waals surface area contributed by atoms with Crippen molar-refractivity contribution in [1.29, 1.82) is 0 Å². The van der Waals surface area contributed by atoms with Crippen LogP contribution in [0.25, 0.3) is 23.0 Å². The van der Waals surface area contributed by atoms with E-state index in [1.54, 1.807) is 4.90 Å². The Morgan fingerprint density at radius 2 is 1.79 bits per heavy atom. The molecular formula is C23H21N3OS2. The molecule has 6 heteroatoms. The van der Waals surface area contributed by atoms with Gasteiger partial charge in [-0.1, -0.05) is 73.4 Å². The zero-order chi connectivity index (χ0) is 20.4. The normalized spacial score (nSPS) is 15.5. The first-order valence-corrected chi connectivity index (χ1v) is 10.8. The first-order chi connectivity index (χ1) is 14.1. The van der Waals surface area contributed by atoms with E-state index >= 15 is 0 Å². The highest BCUT2D eigenvalue weighted by Gasteiger charge is 2.31. The number of hydrogen-bond acceptors (Lipinski definition) is 4. The van der Waals surface area contributed by atoms with Crippen LogP contribution in [0.3, 0.4) is 0 Å². The van der Waals surface area contributed by atoms with Crippen LogP contribution >= 0.6 is 24.0 Å². The highest BCUT2D eigenvalue weighted by molar-refractivity contribution is 8.26. The van der Waals surface area contributed by atoms with Crippen molar-refractivity contribution < 1.29 is 4.79 Å². The molecule has 2 heterocycles. The maximum absolute atomic E-state index is 12.7. The zero-order valence-electron chi connectivity index (χ0n) is 16.3. The molecule has 1 amide bonds. The number of benzene rings is 2. The average molecular weight is 420 g/mol. The quantitative estimate of drug-likeness (QED) is 0.414. The summed E-state index contributed by atoms with van der Waals surface area (Å²) in [5, 5.41) is 4.84. The van der Waals surface area contributed by atoms with Gasteiger partial charge in [0.2, 0.25) is 0 Å². The Labute approximate surface area is 180 Å². The molecular weight excluding hydrogens is 398 g/mol. The predicted octanol–water partition coefficient (Wildman–Crippen LogP) is 5.32. The molecule has 146 valence electrons. The molecule has 0 bridgehead atoms. The van der Waals surface area contributed by atoms with E-state index < -0.39 is 0 Å². The summed E-state index contributed by atoms with van der Waals surface area (Å²) < 4.78 is 2.46. The standard InChI is InChI=1S/C23H21N3OS2/c1-3-16-10-12-17(13-11-16)21-18(14-20-22(27)25(4-2)23(28)29-20)15-26(24-21)19-8-6-5-7-9-19/h5-15H,3-4H2,1-2H3/b20-14+. The van der Waals surface area contributed by atoms with Crippen LogP contribution in [0, 0.1) is 0 Å². The molecule has 4 nitrogen and oxygen atoms in total. The monoisotopic (exact) mass is 419 g/mol. The van der Waals surface area contributed by atoms with E-state index in [0.29, 0.717) is 15.8 Å². The van der Waals surface area contributed by atoms with Gasteiger partial charge in [0, 0.05) is 23.9 Å². The topological polar surface area (TPSA) is 38.1 Å². The van der Waals surface area contributed by atoms with E-state index in [1.165, 1.54) is 17.3 Å². The number of aryl methyl sites for hydroxylation is 1. The van der Waals surface area contributed by atoms with Crippen LogP contribution in [-0.2, 0) is 11.2 Å². The molecule has 0 spiro atoms. The Kier molecular flexibility index (Phi) is 5.65. The van der Waals surface area contributed by atoms with E-state index in [1.807, 2.05) is 54.2 Å². The van der Waals surface area contributed by atoms with Crippen LogP contribution in [-0.4, -0.2) is 31.5 Å². The molecule has 0 atom stereocenters. The summed E-state index contributed by atoms with van der Waals surface area (Å²) in [6, 6.07) is 18.4. The Bertz CT molecular complexity index is 1090. The molecule has 29 heavy (non-hydrogen) atoms. The van der Waals surface area contributed by atoms with Gasteiger partial charge in [-0.3, -0.25) is 9.69 Å². The summed E-state index contributed by atoms with van der Waals surface area (Å²) in [6.45, 7) is 4.65. The van der Waals surface area contributed by atoms with Crippen LogP contribution in [0.4, 0.5) is 0 Å². The number of likely N-dealkylation sites (N-methyl/N-ethyl adjacent to an activating group) is 1. The van der Waals surface area contributed by atoms with Crippen LogP contribution in [0.2, 0.25) is 0 Å². The second kappa shape index (κ2) is 8.35. The number of para-hydroxylation sites is 1. The predicted molar refractivity (Wildman–Crippen MR) is 124 cm³/mol. The van der Waals surface area contributed by atoms with E-state index in [9.17, 15) is 4.79 Å². The Morgan fingerprint density at radius 3 is 2.41 bits per heavy atom. The lowest BCUT2D eigenvalue weighted by Crippen LogP contribution is -2.27. The van der Waals surface area contributed by atoms with E-state index in [-0.39, 0.29) is 5.91 Å². The number of thiocarbonyl (C=S) groups is 1. The fourth-order valence-electron chi connectivity index (χ4n) is 3.24. The highest BCUT2D eigenvalue weighted by Crippen LogP contribution is 2.34.